The van der Waals surface area contributed by atoms with Crippen LogP contribution in [0.1, 0.15) is 49.4 Å². The second kappa shape index (κ2) is 7.41. The molecule has 2 saturated heterocycles. The molecule has 2 aromatic rings. The molecule has 3 atom stereocenters. The first-order chi connectivity index (χ1) is 13.5. The lowest BCUT2D eigenvalue weighted by Gasteiger charge is -2.39. The van der Waals surface area contributed by atoms with Gasteiger partial charge in [-0.3, -0.25) is 9.59 Å². The highest BCUT2D eigenvalue weighted by Crippen LogP contribution is 2.37. The van der Waals surface area contributed by atoms with Gasteiger partial charge in [-0.05, 0) is 44.2 Å². The minimum Gasteiger partial charge on any atom is -0.494 e. The van der Waals surface area contributed by atoms with Crippen LogP contribution in [0.3, 0.4) is 0 Å². The van der Waals surface area contributed by atoms with Gasteiger partial charge in [0.2, 0.25) is 0 Å². The van der Waals surface area contributed by atoms with Crippen LogP contribution in [0.25, 0.3) is 5.52 Å². The lowest BCUT2D eigenvalue weighted by molar-refractivity contribution is -0.141. The minimum atomic E-state index is -1.43. The third-order valence-corrected chi connectivity index (χ3v) is 5.92. The fourth-order valence-corrected chi connectivity index (χ4v) is 4.60. The topological polar surface area (TPSA) is 75.9 Å². The van der Waals surface area contributed by atoms with Crippen LogP contribution in [0.15, 0.2) is 24.5 Å². The number of fused-ring (bicyclic) bond motifs is 3. The van der Waals surface area contributed by atoms with Crippen LogP contribution in [-0.2, 0) is 4.79 Å². The summed E-state index contributed by atoms with van der Waals surface area (Å²) in [6, 6.07) is 3.55. The standard InChI is InChI=1S/C20H25FN4O3/c1-3-16(21)20(27)25-13-6-7-14(25)10-12(9-13)23-19(26)15-11-22-24-8-4-5-17(28-2)18(15)24/h4-5,8,11-14,16H,3,6-7,9-10H2,1-2H3,(H,23,26). The lowest BCUT2D eigenvalue weighted by atomic mass is 9.96. The van der Waals surface area contributed by atoms with Crippen molar-refractivity contribution in [2.24, 2.45) is 0 Å². The van der Waals surface area contributed by atoms with Crippen LogP contribution in [0.4, 0.5) is 4.39 Å². The maximum absolute atomic E-state index is 13.9. The van der Waals surface area contributed by atoms with E-state index in [0.717, 1.165) is 12.8 Å². The number of nitrogens with one attached hydrogen (secondary N) is 1. The van der Waals surface area contributed by atoms with Gasteiger partial charge in [0.15, 0.2) is 6.17 Å². The van der Waals surface area contributed by atoms with Crippen molar-refractivity contribution in [3.63, 3.8) is 0 Å². The first kappa shape index (κ1) is 18.7. The summed E-state index contributed by atoms with van der Waals surface area (Å²) < 4.78 is 20.9. The Morgan fingerprint density at radius 1 is 1.36 bits per heavy atom. The van der Waals surface area contributed by atoms with E-state index in [9.17, 15) is 14.0 Å². The number of ether oxygens (including phenoxy) is 1. The molecule has 28 heavy (non-hydrogen) atoms. The third-order valence-electron chi connectivity index (χ3n) is 5.92. The van der Waals surface area contributed by atoms with Crippen LogP contribution in [0.2, 0.25) is 0 Å². The summed E-state index contributed by atoms with van der Waals surface area (Å²) in [5.41, 5.74) is 1.08. The number of halogens is 1. The number of aromatic nitrogens is 2. The molecule has 4 heterocycles. The number of carbonyl (C=O) groups excluding carboxylic acids is 2. The number of carbonyl (C=O) groups is 2. The highest BCUT2D eigenvalue weighted by Gasteiger charge is 2.45. The molecule has 8 heteroatoms. The molecule has 2 fully saturated rings. The predicted octanol–water partition coefficient (Wildman–Crippen LogP) is 2.34. The zero-order valence-electron chi connectivity index (χ0n) is 16.1. The van der Waals surface area contributed by atoms with Gasteiger partial charge < -0.3 is 15.0 Å². The number of hydrogen-bond donors (Lipinski definition) is 1. The monoisotopic (exact) mass is 388 g/mol. The van der Waals surface area contributed by atoms with Gasteiger partial charge in [0, 0.05) is 24.3 Å². The number of rotatable bonds is 5. The van der Waals surface area contributed by atoms with E-state index in [4.69, 9.17) is 4.74 Å². The van der Waals surface area contributed by atoms with E-state index < -0.39 is 12.1 Å². The Morgan fingerprint density at radius 2 is 2.07 bits per heavy atom. The second-order valence-electron chi connectivity index (χ2n) is 7.58. The summed E-state index contributed by atoms with van der Waals surface area (Å²) in [6.07, 6.45) is 5.11. The van der Waals surface area contributed by atoms with Gasteiger partial charge in [0.05, 0.1) is 18.9 Å². The van der Waals surface area contributed by atoms with Gasteiger partial charge in [0.25, 0.3) is 11.8 Å². The Kier molecular flexibility index (Phi) is 4.95. The summed E-state index contributed by atoms with van der Waals surface area (Å²) in [5.74, 6) is -0.0214. The van der Waals surface area contributed by atoms with Crippen molar-refractivity contribution in [1.82, 2.24) is 19.8 Å². The summed E-state index contributed by atoms with van der Waals surface area (Å²) in [7, 11) is 1.56. The van der Waals surface area contributed by atoms with E-state index >= 15 is 0 Å². The molecule has 4 rings (SSSR count). The number of amides is 2. The Balaban J connectivity index is 1.48. The number of hydrogen-bond acceptors (Lipinski definition) is 4. The Hall–Kier alpha value is -2.64. The van der Waals surface area contributed by atoms with Gasteiger partial charge in [0.1, 0.15) is 11.3 Å². The first-order valence-corrected chi connectivity index (χ1v) is 9.81. The maximum atomic E-state index is 13.9. The van der Waals surface area contributed by atoms with Crippen molar-refractivity contribution in [3.05, 3.63) is 30.1 Å². The van der Waals surface area contributed by atoms with Crippen molar-refractivity contribution in [3.8, 4) is 5.75 Å². The maximum Gasteiger partial charge on any atom is 0.257 e. The third kappa shape index (κ3) is 3.10. The minimum absolute atomic E-state index is 0.000192. The molecule has 2 amide bonds. The molecule has 7 nitrogen and oxygen atoms in total. The zero-order chi connectivity index (χ0) is 19.8. The SMILES string of the molecule is CCC(F)C(=O)N1C2CCC1CC(NC(=O)c1cnn3cccc(OC)c13)C2. The van der Waals surface area contributed by atoms with Crippen molar-refractivity contribution in [2.45, 2.75) is 63.3 Å². The van der Waals surface area contributed by atoms with Gasteiger partial charge in [-0.2, -0.15) is 5.10 Å². The number of pyridine rings is 1. The predicted molar refractivity (Wildman–Crippen MR) is 101 cm³/mol. The number of nitrogens with zero attached hydrogens (tertiary/aromatic N) is 3. The van der Waals surface area contributed by atoms with Gasteiger partial charge >= 0.3 is 0 Å². The molecule has 0 spiro atoms. The molecule has 0 aliphatic carbocycles. The number of piperidine rings is 1. The second-order valence-corrected chi connectivity index (χ2v) is 7.58. The molecule has 0 radical (unpaired) electrons. The largest absolute Gasteiger partial charge is 0.494 e. The van der Waals surface area contributed by atoms with Crippen molar-refractivity contribution in [2.75, 3.05) is 7.11 Å². The quantitative estimate of drug-likeness (QED) is 0.853. The van der Waals surface area contributed by atoms with E-state index in [1.165, 1.54) is 6.20 Å². The molecular weight excluding hydrogens is 363 g/mol. The van der Waals surface area contributed by atoms with Crippen LogP contribution in [-0.4, -0.2) is 57.7 Å². The molecule has 0 saturated carbocycles. The van der Waals surface area contributed by atoms with Gasteiger partial charge in [-0.25, -0.2) is 8.91 Å². The Labute approximate surface area is 162 Å². The summed E-state index contributed by atoms with van der Waals surface area (Å²) >= 11 is 0. The lowest BCUT2D eigenvalue weighted by Crippen LogP contribution is -2.54. The molecular formula is C20H25FN4O3. The van der Waals surface area contributed by atoms with Crippen LogP contribution in [0.5, 0.6) is 5.75 Å². The molecule has 2 aliphatic rings. The highest BCUT2D eigenvalue weighted by atomic mass is 19.1. The fraction of sp³-hybridized carbons (Fsp3) is 0.550. The van der Waals surface area contributed by atoms with Gasteiger partial charge in [-0.1, -0.05) is 6.92 Å². The highest BCUT2D eigenvalue weighted by molar-refractivity contribution is 6.02. The average Bonchev–Trinajstić information content (AvgIpc) is 3.25. The molecule has 3 unspecified atom stereocenters. The Bertz CT molecular complexity index is 885. The zero-order valence-corrected chi connectivity index (χ0v) is 16.1. The van der Waals surface area contributed by atoms with Crippen LogP contribution in [0, 0.1) is 0 Å². The van der Waals surface area contributed by atoms with Crippen molar-refractivity contribution < 1.29 is 18.7 Å². The van der Waals surface area contributed by atoms with Crippen molar-refractivity contribution in [1.29, 1.82) is 0 Å². The first-order valence-electron chi connectivity index (χ1n) is 9.81. The van der Waals surface area contributed by atoms with Gasteiger partial charge in [-0.15, -0.1) is 0 Å². The molecule has 2 aromatic heterocycles. The van der Waals surface area contributed by atoms with E-state index in [2.05, 4.69) is 10.4 Å². The molecule has 2 aliphatic heterocycles. The molecule has 1 N–H and O–H groups in total. The Morgan fingerprint density at radius 3 is 2.71 bits per heavy atom. The van der Waals surface area contributed by atoms with E-state index in [1.54, 1.807) is 41.8 Å². The van der Waals surface area contributed by atoms with E-state index in [0.29, 0.717) is 29.7 Å². The smallest absolute Gasteiger partial charge is 0.257 e. The number of alkyl halides is 1. The molecule has 2 bridgehead atoms. The summed E-state index contributed by atoms with van der Waals surface area (Å²) in [5, 5.41) is 7.32. The fourth-order valence-electron chi connectivity index (χ4n) is 4.60. The van der Waals surface area contributed by atoms with E-state index in [1.807, 2.05) is 0 Å². The number of methoxy groups -OCH3 is 1. The van der Waals surface area contributed by atoms with E-state index in [-0.39, 0.29) is 30.5 Å². The summed E-state index contributed by atoms with van der Waals surface area (Å²) in [4.78, 5) is 27.0. The van der Waals surface area contributed by atoms with Crippen LogP contribution >= 0.6 is 0 Å². The molecule has 150 valence electrons. The van der Waals surface area contributed by atoms with Crippen LogP contribution < -0.4 is 10.1 Å². The molecule has 0 aromatic carbocycles. The normalized spacial score (nSPS) is 25.0. The average molecular weight is 388 g/mol. The van der Waals surface area contributed by atoms with Crippen molar-refractivity contribution >= 4 is 17.3 Å². The summed E-state index contributed by atoms with van der Waals surface area (Å²) in [6.45, 7) is 1.68.